The van der Waals surface area contributed by atoms with Crippen LogP contribution in [0.3, 0.4) is 0 Å². The molecular formula is C16H21Cl2N3O3S. The molecule has 1 amide bonds. The Morgan fingerprint density at radius 1 is 1.12 bits per heavy atom. The van der Waals surface area contributed by atoms with Crippen LogP contribution in [-0.2, 0) is 14.8 Å². The summed E-state index contributed by atoms with van der Waals surface area (Å²) >= 11 is 11.8. The fourth-order valence-corrected chi connectivity index (χ4v) is 5.02. The van der Waals surface area contributed by atoms with E-state index in [-0.39, 0.29) is 26.9 Å². The van der Waals surface area contributed by atoms with E-state index in [0.29, 0.717) is 32.2 Å². The van der Waals surface area contributed by atoms with Crippen molar-refractivity contribution in [3.8, 4) is 0 Å². The molecule has 6 nitrogen and oxygen atoms in total. The van der Waals surface area contributed by atoms with Crippen LogP contribution in [0.5, 0.6) is 0 Å². The second kappa shape index (κ2) is 7.40. The Balaban J connectivity index is 1.63. The summed E-state index contributed by atoms with van der Waals surface area (Å²) in [4.78, 5) is 14.3. The molecule has 0 spiro atoms. The van der Waals surface area contributed by atoms with Crippen LogP contribution in [0.25, 0.3) is 0 Å². The van der Waals surface area contributed by atoms with Gasteiger partial charge >= 0.3 is 0 Å². The molecule has 1 saturated carbocycles. The molecule has 9 heteroatoms. The van der Waals surface area contributed by atoms with E-state index in [1.165, 1.54) is 22.5 Å². The third-order valence-corrected chi connectivity index (χ3v) is 6.91. The van der Waals surface area contributed by atoms with Crippen molar-refractivity contribution in [1.29, 1.82) is 0 Å². The first-order valence-corrected chi connectivity index (χ1v) is 10.5. The predicted octanol–water partition coefficient (Wildman–Crippen LogP) is 1.97. The summed E-state index contributed by atoms with van der Waals surface area (Å²) in [5.41, 5.74) is 0. The molecule has 3 rings (SSSR count). The molecule has 25 heavy (non-hydrogen) atoms. The maximum absolute atomic E-state index is 12.8. The maximum atomic E-state index is 12.8. The fourth-order valence-electron chi connectivity index (χ4n) is 2.87. The van der Waals surface area contributed by atoms with E-state index in [1.54, 1.807) is 0 Å². The molecule has 2 aliphatic rings. The molecule has 1 heterocycles. The molecule has 0 bridgehead atoms. The largest absolute Gasteiger partial charge is 0.352 e. The Hall–Kier alpha value is -0.860. The number of hydrogen-bond donors (Lipinski definition) is 1. The highest BCUT2D eigenvalue weighted by atomic mass is 35.5. The second-order valence-electron chi connectivity index (χ2n) is 6.50. The topological polar surface area (TPSA) is 69.7 Å². The first kappa shape index (κ1) is 18.9. The number of halogens is 2. The number of benzene rings is 1. The van der Waals surface area contributed by atoms with E-state index >= 15 is 0 Å². The molecule has 0 aromatic heterocycles. The van der Waals surface area contributed by atoms with Crippen molar-refractivity contribution in [2.24, 2.45) is 0 Å². The average Bonchev–Trinajstić information content (AvgIpc) is 3.37. The van der Waals surface area contributed by atoms with Gasteiger partial charge in [0.05, 0.1) is 10.9 Å². The number of nitrogens with one attached hydrogen (secondary N) is 1. The zero-order valence-corrected chi connectivity index (χ0v) is 16.2. The van der Waals surface area contributed by atoms with Gasteiger partial charge in [0.1, 0.15) is 0 Å². The maximum Gasteiger partial charge on any atom is 0.243 e. The van der Waals surface area contributed by atoms with Gasteiger partial charge in [-0.05, 0) is 38.0 Å². The third-order valence-electron chi connectivity index (χ3n) is 4.60. The molecule has 1 aromatic rings. The van der Waals surface area contributed by atoms with Crippen molar-refractivity contribution < 1.29 is 13.2 Å². The SMILES string of the molecule is C[C@H](C(=O)NC1CC1)N1CCN(S(=O)(=O)c2cc(Cl)cc(Cl)c2)CC1. The lowest BCUT2D eigenvalue weighted by Crippen LogP contribution is -2.55. The van der Waals surface area contributed by atoms with Gasteiger partial charge < -0.3 is 5.32 Å². The molecule has 0 unspecified atom stereocenters. The van der Waals surface area contributed by atoms with E-state index in [1.807, 2.05) is 11.8 Å². The fraction of sp³-hybridized carbons (Fsp3) is 0.562. The summed E-state index contributed by atoms with van der Waals surface area (Å²) in [6.45, 7) is 3.53. The minimum Gasteiger partial charge on any atom is -0.352 e. The molecular weight excluding hydrogens is 385 g/mol. The zero-order chi connectivity index (χ0) is 18.2. The van der Waals surface area contributed by atoms with Crippen molar-refractivity contribution in [2.75, 3.05) is 26.2 Å². The van der Waals surface area contributed by atoms with Crippen LogP contribution in [0.1, 0.15) is 19.8 Å². The van der Waals surface area contributed by atoms with Crippen molar-refractivity contribution in [1.82, 2.24) is 14.5 Å². The number of piperazine rings is 1. The van der Waals surface area contributed by atoms with Crippen LogP contribution >= 0.6 is 23.2 Å². The van der Waals surface area contributed by atoms with Crippen LogP contribution < -0.4 is 5.32 Å². The van der Waals surface area contributed by atoms with Crippen LogP contribution in [-0.4, -0.2) is 61.8 Å². The normalized spacial score (nSPS) is 21.1. The van der Waals surface area contributed by atoms with Gasteiger partial charge in [0.25, 0.3) is 0 Å². The van der Waals surface area contributed by atoms with Crippen molar-refractivity contribution in [3.63, 3.8) is 0 Å². The predicted molar refractivity (Wildman–Crippen MR) is 97.4 cm³/mol. The first-order chi connectivity index (χ1) is 11.8. The van der Waals surface area contributed by atoms with Crippen LogP contribution in [0, 0.1) is 0 Å². The number of carbonyl (C=O) groups is 1. The summed E-state index contributed by atoms with van der Waals surface area (Å²) in [6.07, 6.45) is 2.10. The van der Waals surface area contributed by atoms with Gasteiger partial charge in [-0.2, -0.15) is 4.31 Å². The lowest BCUT2D eigenvalue weighted by molar-refractivity contribution is -0.126. The van der Waals surface area contributed by atoms with E-state index < -0.39 is 10.0 Å². The minimum absolute atomic E-state index is 0.0143. The Morgan fingerprint density at radius 3 is 2.20 bits per heavy atom. The number of hydrogen-bond acceptors (Lipinski definition) is 4. The van der Waals surface area contributed by atoms with Crippen molar-refractivity contribution in [3.05, 3.63) is 28.2 Å². The standard InChI is InChI=1S/C16H21Cl2N3O3S/c1-11(16(22)19-14-2-3-14)20-4-6-21(7-5-20)25(23,24)15-9-12(17)8-13(18)10-15/h8-11,14H,2-7H2,1H3,(H,19,22)/t11-/m1/s1. The van der Waals surface area contributed by atoms with Crippen molar-refractivity contribution in [2.45, 2.75) is 36.7 Å². The molecule has 1 atom stereocenters. The minimum atomic E-state index is -3.65. The van der Waals surface area contributed by atoms with Gasteiger partial charge in [0, 0.05) is 42.3 Å². The molecule has 1 aliphatic heterocycles. The molecule has 1 aromatic carbocycles. The number of amides is 1. The van der Waals surface area contributed by atoms with Gasteiger partial charge in [0.2, 0.25) is 15.9 Å². The highest BCUT2D eigenvalue weighted by molar-refractivity contribution is 7.89. The third kappa shape index (κ3) is 4.46. The quantitative estimate of drug-likeness (QED) is 0.812. The van der Waals surface area contributed by atoms with E-state index in [0.717, 1.165) is 12.8 Å². The summed E-state index contributed by atoms with van der Waals surface area (Å²) in [5, 5.41) is 3.56. The van der Waals surface area contributed by atoms with Crippen LogP contribution in [0.2, 0.25) is 10.0 Å². The summed E-state index contributed by atoms with van der Waals surface area (Å²) in [7, 11) is -3.65. The van der Waals surface area contributed by atoms with Gasteiger partial charge in [-0.15, -0.1) is 0 Å². The highest BCUT2D eigenvalue weighted by Crippen LogP contribution is 2.26. The lowest BCUT2D eigenvalue weighted by atomic mass is 10.2. The summed E-state index contributed by atoms with van der Waals surface area (Å²) < 4.78 is 26.9. The summed E-state index contributed by atoms with van der Waals surface area (Å²) in [5.74, 6) is 0.0143. The monoisotopic (exact) mass is 405 g/mol. The molecule has 1 N–H and O–H groups in total. The molecule has 1 saturated heterocycles. The second-order valence-corrected chi connectivity index (χ2v) is 9.31. The molecule has 0 radical (unpaired) electrons. The van der Waals surface area contributed by atoms with E-state index in [9.17, 15) is 13.2 Å². The van der Waals surface area contributed by atoms with Gasteiger partial charge in [0.15, 0.2) is 0 Å². The number of rotatable bonds is 5. The molecule has 1 aliphatic carbocycles. The Bertz CT molecular complexity index is 740. The summed E-state index contributed by atoms with van der Waals surface area (Å²) in [6, 6.07) is 4.37. The van der Waals surface area contributed by atoms with Crippen LogP contribution in [0.15, 0.2) is 23.1 Å². The zero-order valence-electron chi connectivity index (χ0n) is 13.9. The van der Waals surface area contributed by atoms with Gasteiger partial charge in [-0.25, -0.2) is 8.42 Å². The van der Waals surface area contributed by atoms with Gasteiger partial charge in [-0.3, -0.25) is 9.69 Å². The van der Waals surface area contributed by atoms with E-state index in [2.05, 4.69) is 5.32 Å². The smallest absolute Gasteiger partial charge is 0.243 e. The average molecular weight is 406 g/mol. The van der Waals surface area contributed by atoms with Gasteiger partial charge in [-0.1, -0.05) is 23.2 Å². The lowest BCUT2D eigenvalue weighted by Gasteiger charge is -2.36. The Kier molecular flexibility index (Phi) is 5.60. The Morgan fingerprint density at radius 2 is 1.68 bits per heavy atom. The van der Waals surface area contributed by atoms with Crippen molar-refractivity contribution >= 4 is 39.1 Å². The number of carbonyl (C=O) groups excluding carboxylic acids is 1. The highest BCUT2D eigenvalue weighted by Gasteiger charge is 2.33. The molecule has 138 valence electrons. The Labute approximate surface area is 158 Å². The van der Waals surface area contributed by atoms with Crippen LogP contribution in [0.4, 0.5) is 0 Å². The number of sulfonamides is 1. The number of nitrogens with zero attached hydrogens (tertiary/aromatic N) is 2. The van der Waals surface area contributed by atoms with E-state index in [4.69, 9.17) is 23.2 Å². The first-order valence-electron chi connectivity index (χ1n) is 8.28. The molecule has 2 fully saturated rings.